The third-order valence-electron chi connectivity index (χ3n) is 2.69. The molecule has 0 saturated carbocycles. The van der Waals surface area contributed by atoms with Gasteiger partial charge in [0.05, 0.1) is 17.3 Å². The van der Waals surface area contributed by atoms with Crippen molar-refractivity contribution >= 4 is 29.2 Å². The van der Waals surface area contributed by atoms with Gasteiger partial charge >= 0.3 is 5.97 Å². The number of carboxylic acid groups (broad SMARTS) is 1. The van der Waals surface area contributed by atoms with Crippen molar-refractivity contribution in [1.82, 2.24) is 0 Å². The van der Waals surface area contributed by atoms with Gasteiger partial charge in [0.15, 0.2) is 0 Å². The molecule has 0 unspecified atom stereocenters. The first kappa shape index (κ1) is 15.5. The van der Waals surface area contributed by atoms with Gasteiger partial charge in [-0.1, -0.05) is 32.4 Å². The van der Waals surface area contributed by atoms with Gasteiger partial charge < -0.3 is 16.2 Å². The van der Waals surface area contributed by atoms with E-state index in [1.807, 2.05) is 20.8 Å². The molecule has 0 aliphatic carbocycles. The van der Waals surface area contributed by atoms with E-state index in [9.17, 15) is 9.59 Å². The third kappa shape index (κ3) is 3.94. The Labute approximate surface area is 116 Å². The Kier molecular flexibility index (Phi) is 4.55. The average molecular weight is 285 g/mol. The van der Waals surface area contributed by atoms with E-state index in [0.717, 1.165) is 0 Å². The van der Waals surface area contributed by atoms with Crippen molar-refractivity contribution in [3.05, 3.63) is 28.8 Å². The van der Waals surface area contributed by atoms with Crippen LogP contribution in [0.2, 0.25) is 5.02 Å². The van der Waals surface area contributed by atoms with E-state index < -0.39 is 23.3 Å². The molecule has 1 rings (SSSR count). The molecule has 6 heteroatoms. The zero-order chi connectivity index (χ0) is 14.8. The van der Waals surface area contributed by atoms with Crippen molar-refractivity contribution in [1.29, 1.82) is 0 Å². The largest absolute Gasteiger partial charge is 0.478 e. The van der Waals surface area contributed by atoms with Crippen molar-refractivity contribution in [3.8, 4) is 0 Å². The summed E-state index contributed by atoms with van der Waals surface area (Å²) in [6.45, 7) is 5.48. The number of carboxylic acids is 1. The second-order valence-corrected chi connectivity index (χ2v) is 5.76. The Morgan fingerprint density at radius 1 is 1.37 bits per heavy atom. The summed E-state index contributed by atoms with van der Waals surface area (Å²) in [5, 5.41) is 11.9. The van der Waals surface area contributed by atoms with Crippen LogP contribution in [0.15, 0.2) is 18.2 Å². The molecule has 4 N–H and O–H groups in total. The van der Waals surface area contributed by atoms with Crippen LogP contribution >= 0.6 is 11.6 Å². The molecule has 1 atom stereocenters. The minimum Gasteiger partial charge on any atom is -0.478 e. The maximum atomic E-state index is 12.0. The molecule has 0 spiro atoms. The normalized spacial score (nSPS) is 12.9. The molecule has 0 fully saturated rings. The number of aromatic carboxylic acids is 1. The quantitative estimate of drug-likeness (QED) is 0.794. The second kappa shape index (κ2) is 5.59. The van der Waals surface area contributed by atoms with Crippen LogP contribution in [0, 0.1) is 5.41 Å². The summed E-state index contributed by atoms with van der Waals surface area (Å²) in [5.74, 6) is -1.59. The number of rotatable bonds is 3. The van der Waals surface area contributed by atoms with E-state index in [1.165, 1.54) is 18.2 Å². The van der Waals surface area contributed by atoms with Crippen LogP contribution in [0.5, 0.6) is 0 Å². The number of nitrogens with one attached hydrogen (secondary N) is 1. The summed E-state index contributed by atoms with van der Waals surface area (Å²) in [6, 6.07) is 3.42. The number of anilines is 1. The Bertz CT molecular complexity index is 509. The van der Waals surface area contributed by atoms with E-state index in [4.69, 9.17) is 22.4 Å². The van der Waals surface area contributed by atoms with E-state index in [0.29, 0.717) is 5.02 Å². The first-order valence-corrected chi connectivity index (χ1v) is 6.10. The highest BCUT2D eigenvalue weighted by atomic mass is 35.5. The number of amides is 1. The van der Waals surface area contributed by atoms with Gasteiger partial charge in [0, 0.05) is 5.02 Å². The minimum absolute atomic E-state index is 0.0288. The summed E-state index contributed by atoms with van der Waals surface area (Å²) in [6.07, 6.45) is 0. The Hall–Kier alpha value is -1.59. The van der Waals surface area contributed by atoms with Crippen LogP contribution in [-0.2, 0) is 4.79 Å². The highest BCUT2D eigenvalue weighted by Gasteiger charge is 2.28. The summed E-state index contributed by atoms with van der Waals surface area (Å²) < 4.78 is 0. The molecule has 0 heterocycles. The van der Waals surface area contributed by atoms with Gasteiger partial charge in [-0.05, 0) is 23.6 Å². The Morgan fingerprint density at radius 2 is 1.95 bits per heavy atom. The molecule has 1 aromatic carbocycles. The van der Waals surface area contributed by atoms with E-state index in [1.54, 1.807) is 0 Å². The Balaban J connectivity index is 3.02. The molecule has 1 amide bonds. The highest BCUT2D eigenvalue weighted by Crippen LogP contribution is 2.23. The van der Waals surface area contributed by atoms with Crippen LogP contribution in [-0.4, -0.2) is 23.0 Å². The molecular weight excluding hydrogens is 268 g/mol. The number of hydrogen-bond donors (Lipinski definition) is 3. The molecule has 0 saturated heterocycles. The molecule has 0 aromatic heterocycles. The lowest BCUT2D eigenvalue weighted by atomic mass is 9.87. The van der Waals surface area contributed by atoms with E-state index in [2.05, 4.69) is 5.32 Å². The van der Waals surface area contributed by atoms with Crippen molar-refractivity contribution < 1.29 is 14.7 Å². The third-order valence-corrected chi connectivity index (χ3v) is 2.92. The molecule has 0 radical (unpaired) electrons. The molecule has 104 valence electrons. The van der Waals surface area contributed by atoms with Gasteiger partial charge in [-0.2, -0.15) is 0 Å². The summed E-state index contributed by atoms with van der Waals surface area (Å²) in [4.78, 5) is 23.0. The standard InChI is InChI=1S/C13H17ClN2O3/c1-13(2,3)10(15)11(17)16-9-6-7(14)4-5-8(9)12(18)19/h4-6,10H,15H2,1-3H3,(H,16,17)(H,18,19)/t10-/m1/s1. The lowest BCUT2D eigenvalue weighted by Crippen LogP contribution is -2.45. The van der Waals surface area contributed by atoms with Crippen LogP contribution in [0.3, 0.4) is 0 Å². The van der Waals surface area contributed by atoms with Gasteiger partial charge in [0.1, 0.15) is 0 Å². The molecule has 19 heavy (non-hydrogen) atoms. The topological polar surface area (TPSA) is 92.4 Å². The number of hydrogen-bond acceptors (Lipinski definition) is 3. The maximum Gasteiger partial charge on any atom is 0.337 e. The van der Waals surface area contributed by atoms with Crippen molar-refractivity contribution in [2.45, 2.75) is 26.8 Å². The fraction of sp³-hybridized carbons (Fsp3) is 0.385. The SMILES string of the molecule is CC(C)(C)[C@H](N)C(=O)Nc1cc(Cl)ccc1C(=O)O. The molecule has 5 nitrogen and oxygen atoms in total. The van der Waals surface area contributed by atoms with Gasteiger partial charge in [0.25, 0.3) is 0 Å². The zero-order valence-electron chi connectivity index (χ0n) is 11.0. The van der Waals surface area contributed by atoms with Crippen LogP contribution in [0.1, 0.15) is 31.1 Å². The number of nitrogens with two attached hydrogens (primary N) is 1. The number of carbonyl (C=O) groups is 2. The summed E-state index contributed by atoms with van der Waals surface area (Å²) in [7, 11) is 0. The summed E-state index contributed by atoms with van der Waals surface area (Å²) in [5.41, 5.74) is 5.50. The monoisotopic (exact) mass is 284 g/mol. The zero-order valence-corrected chi connectivity index (χ0v) is 11.8. The van der Waals surface area contributed by atoms with Gasteiger partial charge in [-0.15, -0.1) is 0 Å². The first-order valence-electron chi connectivity index (χ1n) is 5.72. The average Bonchev–Trinajstić information content (AvgIpc) is 2.26. The highest BCUT2D eigenvalue weighted by molar-refractivity contribution is 6.31. The van der Waals surface area contributed by atoms with Crippen LogP contribution in [0.25, 0.3) is 0 Å². The first-order chi connectivity index (χ1) is 8.62. The number of carbonyl (C=O) groups excluding carboxylic acids is 1. The van der Waals surface area contributed by atoms with E-state index in [-0.39, 0.29) is 11.3 Å². The lowest BCUT2D eigenvalue weighted by molar-refractivity contribution is -0.119. The maximum absolute atomic E-state index is 12.0. The van der Waals surface area contributed by atoms with E-state index >= 15 is 0 Å². The predicted molar refractivity (Wildman–Crippen MR) is 74.5 cm³/mol. The fourth-order valence-electron chi connectivity index (χ4n) is 1.41. The van der Waals surface area contributed by atoms with Gasteiger partial charge in [-0.3, -0.25) is 4.79 Å². The van der Waals surface area contributed by atoms with Crippen LogP contribution < -0.4 is 11.1 Å². The predicted octanol–water partition coefficient (Wildman–Crippen LogP) is 2.35. The molecular formula is C13H17ClN2O3. The van der Waals surface area contributed by atoms with Crippen molar-refractivity contribution in [2.75, 3.05) is 5.32 Å². The lowest BCUT2D eigenvalue weighted by Gasteiger charge is -2.26. The molecule has 0 aliphatic rings. The van der Waals surface area contributed by atoms with Crippen molar-refractivity contribution in [2.24, 2.45) is 11.1 Å². The molecule has 0 bridgehead atoms. The smallest absolute Gasteiger partial charge is 0.337 e. The van der Waals surface area contributed by atoms with Crippen LogP contribution in [0.4, 0.5) is 5.69 Å². The molecule has 0 aliphatic heterocycles. The fourth-order valence-corrected chi connectivity index (χ4v) is 1.58. The number of halogens is 1. The second-order valence-electron chi connectivity index (χ2n) is 5.33. The number of benzene rings is 1. The molecule has 1 aromatic rings. The van der Waals surface area contributed by atoms with Gasteiger partial charge in [0.2, 0.25) is 5.91 Å². The minimum atomic E-state index is -1.14. The van der Waals surface area contributed by atoms with Gasteiger partial charge in [-0.25, -0.2) is 4.79 Å². The Morgan fingerprint density at radius 3 is 2.42 bits per heavy atom. The summed E-state index contributed by atoms with van der Waals surface area (Å²) >= 11 is 5.80. The van der Waals surface area contributed by atoms with Crippen molar-refractivity contribution in [3.63, 3.8) is 0 Å².